The molecule has 0 saturated carbocycles. The molecule has 0 saturated heterocycles. The van der Waals surface area contributed by atoms with Gasteiger partial charge in [-0.2, -0.15) is 0 Å². The molecule has 0 rings (SSSR count). The predicted octanol–water partition coefficient (Wildman–Crippen LogP) is 23.8. The molecule has 6 nitrogen and oxygen atoms in total. The molecule has 1 atom stereocenters. The van der Waals surface area contributed by atoms with Crippen molar-refractivity contribution in [2.75, 3.05) is 13.2 Å². The van der Waals surface area contributed by atoms with E-state index < -0.39 is 6.10 Å². The molecule has 0 amide bonds. The van der Waals surface area contributed by atoms with Crippen molar-refractivity contribution in [3.63, 3.8) is 0 Å². The van der Waals surface area contributed by atoms with Crippen LogP contribution in [0.2, 0.25) is 0 Å². The zero-order chi connectivity index (χ0) is 58.5. The second-order valence-corrected chi connectivity index (χ2v) is 22.7. The standard InChI is InChI=1S/C75H128O6/c1-4-7-10-13-16-19-22-25-27-29-31-33-34-35-36-37-38-39-40-42-43-45-47-50-53-56-59-62-65-68-74(77)80-71-72(70-79-73(76)67-64-61-58-55-52-49-24-21-18-15-12-9-6-3)81-75(78)69-66-63-60-57-54-51-48-46-44-41-32-30-28-26-23-20-17-14-11-8-5-2/h7,10,16,19,23,25-27,30-33,35-36,38-39,42-43,72H,4-6,8-9,11-15,17-18,20-22,24,28-29,34,37,40-41,44-71H2,1-3H3/b10-7-,19-16-,26-23-,27-25-,32-30-,33-31-,36-35-,39-38-,43-42-. The zero-order valence-corrected chi connectivity index (χ0v) is 53.3. The summed E-state index contributed by atoms with van der Waals surface area (Å²) in [5, 5.41) is 0. The highest BCUT2D eigenvalue weighted by Gasteiger charge is 2.19. The lowest BCUT2D eigenvalue weighted by atomic mass is 10.0. The number of carbonyl (C=O) groups excluding carboxylic acids is 3. The molecule has 81 heavy (non-hydrogen) atoms. The molecule has 0 fully saturated rings. The lowest BCUT2D eigenvalue weighted by molar-refractivity contribution is -0.167. The van der Waals surface area contributed by atoms with Gasteiger partial charge in [0.15, 0.2) is 6.10 Å². The maximum atomic E-state index is 12.9. The molecule has 0 radical (unpaired) electrons. The van der Waals surface area contributed by atoms with Gasteiger partial charge in [0.2, 0.25) is 0 Å². The fourth-order valence-electron chi connectivity index (χ4n) is 9.63. The molecule has 464 valence electrons. The monoisotopic (exact) mass is 1120 g/mol. The molecular weight excluding hydrogens is 997 g/mol. The lowest BCUT2D eigenvalue weighted by Gasteiger charge is -2.18. The fourth-order valence-corrected chi connectivity index (χ4v) is 9.63. The van der Waals surface area contributed by atoms with Gasteiger partial charge in [0.05, 0.1) is 0 Å². The van der Waals surface area contributed by atoms with Gasteiger partial charge in [-0.3, -0.25) is 14.4 Å². The smallest absolute Gasteiger partial charge is 0.306 e. The molecule has 0 spiro atoms. The molecule has 0 heterocycles. The highest BCUT2D eigenvalue weighted by atomic mass is 16.6. The van der Waals surface area contributed by atoms with E-state index in [-0.39, 0.29) is 31.1 Å². The summed E-state index contributed by atoms with van der Waals surface area (Å²) in [4.78, 5) is 38.4. The third-order valence-corrected chi connectivity index (χ3v) is 14.8. The molecule has 0 aromatic carbocycles. The van der Waals surface area contributed by atoms with Gasteiger partial charge < -0.3 is 14.2 Å². The van der Waals surface area contributed by atoms with Gasteiger partial charge >= 0.3 is 17.9 Å². The van der Waals surface area contributed by atoms with Gasteiger partial charge in [-0.25, -0.2) is 0 Å². The van der Waals surface area contributed by atoms with Crippen LogP contribution in [0.4, 0.5) is 0 Å². The molecule has 0 aliphatic rings. The quantitative estimate of drug-likeness (QED) is 0.0261. The van der Waals surface area contributed by atoms with Crippen molar-refractivity contribution >= 4 is 17.9 Å². The summed E-state index contributed by atoms with van der Waals surface area (Å²) >= 11 is 0. The number of allylic oxidation sites excluding steroid dienone is 18. The molecule has 0 aliphatic carbocycles. The number of hydrogen-bond acceptors (Lipinski definition) is 6. The number of esters is 3. The van der Waals surface area contributed by atoms with Crippen molar-refractivity contribution < 1.29 is 28.6 Å². The van der Waals surface area contributed by atoms with Crippen LogP contribution in [0, 0.1) is 0 Å². The van der Waals surface area contributed by atoms with E-state index in [4.69, 9.17) is 14.2 Å². The first kappa shape index (κ1) is 77.1. The Hall–Kier alpha value is -3.93. The van der Waals surface area contributed by atoms with Crippen molar-refractivity contribution in [2.45, 2.75) is 335 Å². The van der Waals surface area contributed by atoms with Crippen LogP contribution in [0.3, 0.4) is 0 Å². The van der Waals surface area contributed by atoms with Crippen molar-refractivity contribution in [3.8, 4) is 0 Å². The second-order valence-electron chi connectivity index (χ2n) is 22.7. The van der Waals surface area contributed by atoms with Crippen LogP contribution in [-0.2, 0) is 28.6 Å². The Balaban J connectivity index is 4.34. The van der Waals surface area contributed by atoms with Gasteiger partial charge in [0, 0.05) is 19.3 Å². The summed E-state index contributed by atoms with van der Waals surface area (Å²) in [6.07, 6.45) is 93.8. The summed E-state index contributed by atoms with van der Waals surface area (Å²) in [6, 6.07) is 0. The van der Waals surface area contributed by atoms with Crippen LogP contribution in [0.1, 0.15) is 329 Å². The number of rotatable bonds is 62. The molecule has 6 heteroatoms. The molecule has 0 N–H and O–H groups in total. The molecule has 0 aromatic heterocycles. The Kier molecular flexibility index (Phi) is 65.2. The first-order valence-corrected chi connectivity index (χ1v) is 34.4. The van der Waals surface area contributed by atoms with E-state index in [9.17, 15) is 14.4 Å². The van der Waals surface area contributed by atoms with Crippen molar-refractivity contribution in [1.29, 1.82) is 0 Å². The zero-order valence-electron chi connectivity index (χ0n) is 53.3. The SMILES string of the molecule is CC/C=C\C/C=C\C/C=C\C/C=C\C/C=C\C/C=C\C/C=C\CCCCCCCCCC(=O)OCC(COC(=O)CCCCCCCCCCCCCCC)OC(=O)CCCCCCCCCCC/C=C\C/C=C\CCCCCCC. The van der Waals surface area contributed by atoms with Crippen LogP contribution in [0.15, 0.2) is 109 Å². The summed E-state index contributed by atoms with van der Waals surface area (Å²) in [7, 11) is 0. The maximum absolute atomic E-state index is 12.9. The Morgan fingerprint density at radius 1 is 0.259 bits per heavy atom. The fraction of sp³-hybridized carbons (Fsp3) is 0.720. The van der Waals surface area contributed by atoms with E-state index in [1.807, 2.05) is 0 Å². The highest BCUT2D eigenvalue weighted by molar-refractivity contribution is 5.71. The molecular formula is C75H128O6. The average molecular weight is 1130 g/mol. The van der Waals surface area contributed by atoms with Crippen molar-refractivity contribution in [3.05, 3.63) is 109 Å². The van der Waals surface area contributed by atoms with Gasteiger partial charge in [-0.05, 0) is 109 Å². The Morgan fingerprint density at radius 3 is 0.753 bits per heavy atom. The number of hydrogen-bond donors (Lipinski definition) is 0. The summed E-state index contributed by atoms with van der Waals surface area (Å²) in [5.74, 6) is -0.884. The number of unbranched alkanes of at least 4 members (excludes halogenated alkanes) is 33. The maximum Gasteiger partial charge on any atom is 0.306 e. The van der Waals surface area contributed by atoms with E-state index >= 15 is 0 Å². The molecule has 0 aliphatic heterocycles. The minimum atomic E-state index is -0.786. The normalized spacial score (nSPS) is 12.8. The van der Waals surface area contributed by atoms with Gasteiger partial charge in [0.25, 0.3) is 0 Å². The largest absolute Gasteiger partial charge is 0.462 e. The first-order valence-electron chi connectivity index (χ1n) is 34.4. The minimum Gasteiger partial charge on any atom is -0.462 e. The number of carbonyl (C=O) groups is 3. The average Bonchev–Trinajstić information content (AvgIpc) is 3.46. The summed E-state index contributed by atoms with van der Waals surface area (Å²) in [6.45, 7) is 6.53. The minimum absolute atomic E-state index is 0.0808. The van der Waals surface area contributed by atoms with E-state index in [1.165, 1.54) is 173 Å². The topological polar surface area (TPSA) is 78.9 Å². The van der Waals surface area contributed by atoms with Gasteiger partial charge in [-0.1, -0.05) is 310 Å². The van der Waals surface area contributed by atoms with Crippen molar-refractivity contribution in [2.24, 2.45) is 0 Å². The Bertz CT molecular complexity index is 1620. The molecule has 0 bridgehead atoms. The highest BCUT2D eigenvalue weighted by Crippen LogP contribution is 2.16. The number of ether oxygens (including phenoxy) is 3. The van der Waals surface area contributed by atoms with E-state index in [0.717, 1.165) is 116 Å². The molecule has 1 unspecified atom stereocenters. The molecule has 0 aromatic rings. The first-order chi connectivity index (χ1) is 40.0. The van der Waals surface area contributed by atoms with Crippen LogP contribution in [-0.4, -0.2) is 37.2 Å². The Labute approximate surface area is 501 Å². The predicted molar refractivity (Wildman–Crippen MR) is 353 cm³/mol. The lowest BCUT2D eigenvalue weighted by Crippen LogP contribution is -2.30. The summed E-state index contributed by atoms with van der Waals surface area (Å²) < 4.78 is 17.0. The van der Waals surface area contributed by atoms with Crippen LogP contribution < -0.4 is 0 Å². The van der Waals surface area contributed by atoms with Crippen LogP contribution in [0.25, 0.3) is 0 Å². The van der Waals surface area contributed by atoms with E-state index in [0.29, 0.717) is 19.3 Å². The third-order valence-electron chi connectivity index (χ3n) is 14.8. The van der Waals surface area contributed by atoms with Gasteiger partial charge in [-0.15, -0.1) is 0 Å². The van der Waals surface area contributed by atoms with E-state index in [2.05, 4.69) is 130 Å². The van der Waals surface area contributed by atoms with Gasteiger partial charge in [0.1, 0.15) is 13.2 Å². The van der Waals surface area contributed by atoms with E-state index in [1.54, 1.807) is 0 Å². The van der Waals surface area contributed by atoms with Crippen LogP contribution in [0.5, 0.6) is 0 Å². The summed E-state index contributed by atoms with van der Waals surface area (Å²) in [5.41, 5.74) is 0. The Morgan fingerprint density at radius 2 is 0.481 bits per heavy atom. The third kappa shape index (κ3) is 66.8. The van der Waals surface area contributed by atoms with Crippen molar-refractivity contribution in [1.82, 2.24) is 0 Å². The second kappa shape index (κ2) is 68.6. The van der Waals surface area contributed by atoms with Crippen LogP contribution >= 0.6 is 0 Å².